The van der Waals surface area contributed by atoms with Crippen molar-refractivity contribution in [1.82, 2.24) is 4.58 Å². The molecule has 0 amide bonds. The number of para-hydroxylation sites is 2. The second-order valence-electron chi connectivity index (χ2n) is 6.96. The van der Waals surface area contributed by atoms with E-state index in [0.29, 0.717) is 0 Å². The molecule has 144 valence electrons. The Bertz CT molecular complexity index is 1140. The van der Waals surface area contributed by atoms with Crippen molar-refractivity contribution in [3.8, 4) is 0 Å². The maximum Gasteiger partial charge on any atom is 0.211 e. The molecule has 0 saturated carbocycles. The van der Waals surface area contributed by atoms with Gasteiger partial charge in [0.1, 0.15) is 0 Å². The molecule has 3 aromatic carbocycles. The first-order valence-electron chi connectivity index (χ1n) is 9.88. The zero-order chi connectivity index (χ0) is 20.2. The van der Waals surface area contributed by atoms with Crippen LogP contribution < -0.4 is 4.58 Å². The van der Waals surface area contributed by atoms with Gasteiger partial charge < -0.3 is 0 Å². The number of allylic oxidation sites excluding steroid dienone is 6. The fourth-order valence-electron chi connectivity index (χ4n) is 3.50. The predicted molar refractivity (Wildman–Crippen MR) is 134 cm³/mol. The number of nitrogens with zero attached hydrogens (tertiary/aromatic N) is 1. The maximum atomic E-state index is 2.30. The van der Waals surface area contributed by atoms with Gasteiger partial charge in [-0.25, -0.2) is 0 Å². The number of rotatable bonds is 3. The quantitative estimate of drug-likeness (QED) is 0.313. The van der Waals surface area contributed by atoms with Gasteiger partial charge in [-0.3, -0.25) is 0 Å². The van der Waals surface area contributed by atoms with Gasteiger partial charge in [0.25, 0.3) is 0 Å². The van der Waals surface area contributed by atoms with E-state index in [1.54, 1.807) is 0 Å². The van der Waals surface area contributed by atoms with Gasteiger partial charge in [0.05, 0.1) is 0 Å². The van der Waals surface area contributed by atoms with Crippen molar-refractivity contribution >= 4 is 43.6 Å². The third-order valence-electron chi connectivity index (χ3n) is 4.98. The second kappa shape index (κ2) is 8.78. The van der Waals surface area contributed by atoms with E-state index >= 15 is 0 Å². The van der Waals surface area contributed by atoms with Gasteiger partial charge in [-0.15, -0.1) is 0 Å². The maximum absolute atomic E-state index is 2.30. The molecule has 0 aromatic heterocycles. The lowest BCUT2D eigenvalue weighted by Crippen LogP contribution is -2.14. The largest absolute Gasteiger partial charge is 0.211 e. The van der Waals surface area contributed by atoms with Crippen molar-refractivity contribution in [3.05, 3.63) is 137 Å². The summed E-state index contributed by atoms with van der Waals surface area (Å²) in [4.78, 5) is 2.62. The molecule has 30 heavy (non-hydrogen) atoms. The van der Waals surface area contributed by atoms with E-state index in [0.717, 1.165) is 17.1 Å². The Labute approximate surface area is 185 Å². The molecule has 3 aromatic rings. The van der Waals surface area contributed by atoms with Crippen LogP contribution in [0, 0.1) is 0 Å². The van der Waals surface area contributed by atoms with E-state index in [9.17, 15) is 0 Å². The van der Waals surface area contributed by atoms with Crippen LogP contribution in [0.5, 0.6) is 0 Å². The first-order chi connectivity index (χ1) is 14.9. The Morgan fingerprint density at radius 2 is 1.07 bits per heavy atom. The van der Waals surface area contributed by atoms with Crippen LogP contribution in [0.4, 0.5) is 11.4 Å². The third-order valence-corrected chi connectivity index (χ3v) is 7.46. The van der Waals surface area contributed by atoms with Crippen molar-refractivity contribution in [2.45, 2.75) is 0 Å². The number of benzene rings is 3. The van der Waals surface area contributed by atoms with Crippen molar-refractivity contribution in [3.63, 3.8) is 0 Å². The van der Waals surface area contributed by atoms with Gasteiger partial charge in [-0.2, -0.15) is 4.58 Å². The van der Waals surface area contributed by atoms with Crippen LogP contribution in [0.1, 0.15) is 5.56 Å². The Balaban J connectivity index is 1.52. The lowest BCUT2D eigenvalue weighted by Gasteiger charge is -2.08. The molecule has 0 spiro atoms. The van der Waals surface area contributed by atoms with Gasteiger partial charge in [0.15, 0.2) is 0 Å². The van der Waals surface area contributed by atoms with E-state index in [1.165, 1.54) is 20.9 Å². The molecule has 0 bridgehead atoms. The van der Waals surface area contributed by atoms with Crippen LogP contribution in [0.25, 0.3) is 4.91 Å². The molecule has 0 fully saturated rings. The summed E-state index contributed by atoms with van der Waals surface area (Å²) >= 11 is 0. The normalized spacial score (nSPS) is 15.5. The first kappa shape index (κ1) is 19.0. The summed E-state index contributed by atoms with van der Waals surface area (Å²) in [5.74, 6) is 0. The van der Waals surface area contributed by atoms with Crippen LogP contribution in [-0.4, -0.2) is 5.71 Å². The SMILES string of the molecule is C1=CC(=[N+](c2ccccc2)c2ccccc2)C=CC1=C1C=C(c2ccccc2)SS1. The number of hydrogen-bond donors (Lipinski definition) is 0. The molecular weight excluding hydrogens is 402 g/mol. The molecule has 1 heterocycles. The summed E-state index contributed by atoms with van der Waals surface area (Å²) in [5.41, 5.74) is 5.99. The second-order valence-corrected chi connectivity index (χ2v) is 9.17. The van der Waals surface area contributed by atoms with Crippen molar-refractivity contribution < 1.29 is 0 Å². The topological polar surface area (TPSA) is 3.01 Å². The van der Waals surface area contributed by atoms with E-state index in [4.69, 9.17) is 0 Å². The molecule has 2 aliphatic rings. The zero-order valence-electron chi connectivity index (χ0n) is 16.3. The Morgan fingerprint density at radius 3 is 1.63 bits per heavy atom. The number of hydrogen-bond acceptors (Lipinski definition) is 2. The fraction of sp³-hybridized carbons (Fsp3) is 0. The van der Waals surface area contributed by atoms with Crippen LogP contribution >= 0.6 is 21.6 Å². The van der Waals surface area contributed by atoms with Crippen LogP contribution in [0.3, 0.4) is 0 Å². The molecule has 1 nitrogen and oxygen atoms in total. The summed E-state index contributed by atoms with van der Waals surface area (Å²) in [6.07, 6.45) is 11.2. The predicted octanol–water partition coefficient (Wildman–Crippen LogP) is 7.78. The van der Waals surface area contributed by atoms with E-state index in [-0.39, 0.29) is 0 Å². The molecule has 0 N–H and O–H groups in total. The minimum atomic E-state index is 1.15. The summed E-state index contributed by atoms with van der Waals surface area (Å²) < 4.78 is 2.29. The summed E-state index contributed by atoms with van der Waals surface area (Å²) in [5, 5.41) is 0. The minimum Gasteiger partial charge on any atom is -0.154 e. The van der Waals surface area contributed by atoms with E-state index in [2.05, 4.69) is 126 Å². The van der Waals surface area contributed by atoms with Gasteiger partial charge in [-0.05, 0) is 29.4 Å². The highest BCUT2D eigenvalue weighted by molar-refractivity contribution is 8.82. The molecule has 5 rings (SSSR count). The summed E-state index contributed by atoms with van der Waals surface area (Å²) in [6.45, 7) is 0. The van der Waals surface area contributed by atoms with Crippen LogP contribution in [-0.2, 0) is 0 Å². The smallest absolute Gasteiger partial charge is 0.154 e. The average Bonchev–Trinajstić information content (AvgIpc) is 3.32. The lowest BCUT2D eigenvalue weighted by molar-refractivity contribution is 1.09. The molecule has 0 atom stereocenters. The molecule has 0 unspecified atom stereocenters. The minimum absolute atomic E-state index is 1.15. The van der Waals surface area contributed by atoms with Crippen LogP contribution in [0.2, 0.25) is 0 Å². The Hall–Kier alpha value is -3.01. The van der Waals surface area contributed by atoms with Gasteiger partial charge in [0, 0.05) is 46.2 Å². The van der Waals surface area contributed by atoms with Gasteiger partial charge >= 0.3 is 0 Å². The van der Waals surface area contributed by atoms with E-state index in [1.807, 2.05) is 21.6 Å². The van der Waals surface area contributed by atoms with Gasteiger partial charge in [-0.1, -0.05) is 88.3 Å². The average molecular weight is 423 g/mol. The Kier molecular flexibility index (Phi) is 5.56. The summed E-state index contributed by atoms with van der Waals surface area (Å²) in [7, 11) is 3.67. The molecular formula is C27H20NS2+. The fourth-order valence-corrected chi connectivity index (χ4v) is 5.95. The molecule has 3 heteroatoms. The van der Waals surface area contributed by atoms with Crippen molar-refractivity contribution in [2.75, 3.05) is 0 Å². The van der Waals surface area contributed by atoms with Crippen molar-refractivity contribution in [2.24, 2.45) is 0 Å². The highest BCUT2D eigenvalue weighted by Crippen LogP contribution is 2.50. The third kappa shape index (κ3) is 4.00. The highest BCUT2D eigenvalue weighted by atomic mass is 33.1. The van der Waals surface area contributed by atoms with Crippen LogP contribution in [0.15, 0.2) is 132 Å². The highest BCUT2D eigenvalue weighted by Gasteiger charge is 2.20. The summed E-state index contributed by atoms with van der Waals surface area (Å²) in [6, 6.07) is 31.6. The van der Waals surface area contributed by atoms with Gasteiger partial charge in [0.2, 0.25) is 17.1 Å². The van der Waals surface area contributed by atoms with Crippen molar-refractivity contribution in [1.29, 1.82) is 0 Å². The lowest BCUT2D eigenvalue weighted by atomic mass is 10.1. The Morgan fingerprint density at radius 1 is 0.533 bits per heavy atom. The molecule has 1 aliphatic carbocycles. The molecule has 0 saturated heterocycles. The van der Waals surface area contributed by atoms with E-state index < -0.39 is 0 Å². The monoisotopic (exact) mass is 422 g/mol. The molecule has 0 radical (unpaired) electrons. The first-order valence-corrected chi connectivity index (χ1v) is 12.0. The standard InChI is InChI=1S/C27H20NS2/c1-4-10-21(11-5-1)26-20-27(30-29-26)22-16-18-25(19-17-22)28(23-12-6-2-7-13-23)24-14-8-3-9-15-24/h1-20H/q+1. The zero-order valence-corrected chi connectivity index (χ0v) is 17.9. The molecule has 1 aliphatic heterocycles.